The number of carbonyl (C=O) groups excluding carboxylic acids is 1. The normalized spacial score (nSPS) is 15.5. The summed E-state index contributed by atoms with van der Waals surface area (Å²) in [6.07, 6.45) is 0.625. The molecule has 3 aromatic rings. The van der Waals surface area contributed by atoms with Gasteiger partial charge in [0, 0.05) is 24.2 Å². The molecule has 4 rings (SSSR count). The van der Waals surface area contributed by atoms with Crippen molar-refractivity contribution in [3.63, 3.8) is 0 Å². The first kappa shape index (κ1) is 20.0. The fourth-order valence-electron chi connectivity index (χ4n) is 3.80. The Morgan fingerprint density at radius 3 is 2.53 bits per heavy atom. The number of rotatable bonds is 4. The predicted molar refractivity (Wildman–Crippen MR) is 112 cm³/mol. The number of aryl methyl sites for hydroxylation is 2. The number of fused-ring (bicyclic) bond motifs is 1. The van der Waals surface area contributed by atoms with Gasteiger partial charge in [-0.2, -0.15) is 0 Å². The van der Waals surface area contributed by atoms with Crippen LogP contribution in [0.5, 0.6) is 17.2 Å². The van der Waals surface area contributed by atoms with Gasteiger partial charge in [-0.1, -0.05) is 29.8 Å². The van der Waals surface area contributed by atoms with E-state index in [0.717, 1.165) is 5.56 Å². The summed E-state index contributed by atoms with van der Waals surface area (Å²) in [5, 5.41) is 19.3. The number of phenols is 2. The van der Waals surface area contributed by atoms with Crippen molar-refractivity contribution in [2.24, 2.45) is 0 Å². The van der Waals surface area contributed by atoms with E-state index in [2.05, 4.69) is 0 Å². The van der Waals surface area contributed by atoms with Crippen LogP contribution in [-0.4, -0.2) is 20.7 Å². The third-order valence-electron chi connectivity index (χ3n) is 5.38. The van der Waals surface area contributed by atoms with Crippen LogP contribution in [0.2, 0.25) is 5.02 Å². The Morgan fingerprint density at radius 2 is 1.83 bits per heavy atom. The second-order valence-corrected chi connectivity index (χ2v) is 7.79. The number of phenolic OH excluding ortho intramolecular Hbond substituents is 2. The van der Waals surface area contributed by atoms with E-state index in [1.54, 1.807) is 41.8 Å². The topological polar surface area (TPSA) is 88.8 Å². The maximum absolute atomic E-state index is 13.4. The highest BCUT2D eigenvalue weighted by Gasteiger charge is 2.32. The van der Waals surface area contributed by atoms with E-state index < -0.39 is 11.9 Å². The van der Waals surface area contributed by atoms with Gasteiger partial charge in [0.05, 0.1) is 17.0 Å². The minimum Gasteiger partial charge on any atom is -0.508 e. The summed E-state index contributed by atoms with van der Waals surface area (Å²) >= 11 is 6.05. The third-order valence-corrected chi connectivity index (χ3v) is 5.69. The van der Waals surface area contributed by atoms with Gasteiger partial charge < -0.3 is 19.5 Å². The number of hydrogen-bond donors (Lipinski definition) is 2. The van der Waals surface area contributed by atoms with E-state index >= 15 is 0 Å². The average molecular weight is 426 g/mol. The molecule has 1 atom stereocenters. The van der Waals surface area contributed by atoms with Gasteiger partial charge in [-0.05, 0) is 48.7 Å². The van der Waals surface area contributed by atoms with E-state index in [-0.39, 0.29) is 34.3 Å². The lowest BCUT2D eigenvalue weighted by molar-refractivity contribution is -0.135. The van der Waals surface area contributed by atoms with Gasteiger partial charge in [-0.25, -0.2) is 0 Å². The molecule has 2 heterocycles. The van der Waals surface area contributed by atoms with Gasteiger partial charge in [-0.3, -0.25) is 9.59 Å². The lowest BCUT2D eigenvalue weighted by atomic mass is 9.87. The molecule has 7 heteroatoms. The molecule has 0 amide bonds. The molecule has 1 unspecified atom stereocenters. The van der Waals surface area contributed by atoms with Crippen LogP contribution in [0.1, 0.15) is 34.7 Å². The van der Waals surface area contributed by atoms with Crippen molar-refractivity contribution >= 4 is 17.6 Å². The molecule has 30 heavy (non-hydrogen) atoms. The monoisotopic (exact) mass is 425 g/mol. The zero-order chi connectivity index (χ0) is 21.4. The molecule has 6 nitrogen and oxygen atoms in total. The van der Waals surface area contributed by atoms with Gasteiger partial charge in [-0.15, -0.1) is 0 Å². The summed E-state index contributed by atoms with van der Waals surface area (Å²) in [6, 6.07) is 13.3. The number of pyridine rings is 1. The Kier molecular flexibility index (Phi) is 5.26. The number of benzene rings is 2. The lowest BCUT2D eigenvalue weighted by Crippen LogP contribution is -2.33. The van der Waals surface area contributed by atoms with Crippen LogP contribution in [0.15, 0.2) is 53.3 Å². The second-order valence-electron chi connectivity index (χ2n) is 7.38. The minimum atomic E-state index is -0.507. The van der Waals surface area contributed by atoms with Crippen molar-refractivity contribution in [1.82, 2.24) is 4.57 Å². The molecule has 0 saturated heterocycles. The standard InChI is InChI=1S/C23H20ClNO5/c1-13-10-20-22(23(29)25(13)9-8-14-2-5-16(26)6-3-14)17(12-21(28)30-20)15-4-7-19(27)18(24)11-15/h2-7,10-11,17,26-27H,8-9,12H2,1H3. The number of halogens is 1. The smallest absolute Gasteiger partial charge is 0.312 e. The largest absolute Gasteiger partial charge is 0.508 e. The van der Waals surface area contributed by atoms with Gasteiger partial charge in [0.25, 0.3) is 5.56 Å². The minimum absolute atomic E-state index is 0.0182. The molecule has 0 fully saturated rings. The molecule has 1 aromatic heterocycles. The van der Waals surface area contributed by atoms with Crippen LogP contribution in [-0.2, 0) is 17.8 Å². The van der Waals surface area contributed by atoms with Crippen LogP contribution in [0.3, 0.4) is 0 Å². The van der Waals surface area contributed by atoms with Crippen LogP contribution in [0.4, 0.5) is 0 Å². The fourth-order valence-corrected chi connectivity index (χ4v) is 3.99. The summed E-state index contributed by atoms with van der Waals surface area (Å²) in [4.78, 5) is 25.6. The van der Waals surface area contributed by atoms with Crippen molar-refractivity contribution < 1.29 is 19.7 Å². The molecule has 0 saturated carbocycles. The van der Waals surface area contributed by atoms with Crippen LogP contribution in [0, 0.1) is 6.92 Å². The van der Waals surface area contributed by atoms with Gasteiger partial charge in [0.15, 0.2) is 0 Å². The van der Waals surface area contributed by atoms with Crippen LogP contribution in [0.25, 0.3) is 0 Å². The average Bonchev–Trinajstić information content (AvgIpc) is 2.70. The summed E-state index contributed by atoms with van der Waals surface area (Å²) in [7, 11) is 0. The highest BCUT2D eigenvalue weighted by molar-refractivity contribution is 6.32. The van der Waals surface area contributed by atoms with E-state index in [4.69, 9.17) is 16.3 Å². The van der Waals surface area contributed by atoms with E-state index in [1.807, 2.05) is 12.1 Å². The Bertz CT molecular complexity index is 1180. The van der Waals surface area contributed by atoms with E-state index in [9.17, 15) is 19.8 Å². The van der Waals surface area contributed by atoms with Gasteiger partial charge in [0.2, 0.25) is 0 Å². The molecule has 1 aliphatic heterocycles. The number of esters is 1. The Hall–Kier alpha value is -3.25. The number of aromatic hydroxyl groups is 2. The van der Waals surface area contributed by atoms with Gasteiger partial charge in [0.1, 0.15) is 17.2 Å². The van der Waals surface area contributed by atoms with Crippen molar-refractivity contribution in [3.8, 4) is 17.2 Å². The molecule has 0 bridgehead atoms. The van der Waals surface area contributed by atoms with Crippen molar-refractivity contribution in [2.75, 3.05) is 0 Å². The van der Waals surface area contributed by atoms with E-state index in [1.165, 1.54) is 6.07 Å². The highest BCUT2D eigenvalue weighted by atomic mass is 35.5. The van der Waals surface area contributed by atoms with E-state index in [0.29, 0.717) is 29.8 Å². The van der Waals surface area contributed by atoms with Gasteiger partial charge >= 0.3 is 5.97 Å². The van der Waals surface area contributed by atoms with Crippen molar-refractivity contribution in [1.29, 1.82) is 0 Å². The molecule has 2 aromatic carbocycles. The van der Waals surface area contributed by atoms with Crippen molar-refractivity contribution in [2.45, 2.75) is 32.2 Å². The molecule has 0 radical (unpaired) electrons. The van der Waals surface area contributed by atoms with Crippen LogP contribution < -0.4 is 10.3 Å². The molecule has 2 N–H and O–H groups in total. The quantitative estimate of drug-likeness (QED) is 0.619. The van der Waals surface area contributed by atoms with Crippen LogP contribution >= 0.6 is 11.6 Å². The summed E-state index contributed by atoms with van der Waals surface area (Å²) < 4.78 is 7.03. The molecule has 154 valence electrons. The molecular formula is C23H20ClNO5. The molecular weight excluding hydrogens is 406 g/mol. The zero-order valence-corrected chi connectivity index (χ0v) is 17.0. The first-order valence-corrected chi connectivity index (χ1v) is 9.92. The predicted octanol–water partition coefficient (Wildman–Crippen LogP) is 3.91. The third kappa shape index (κ3) is 3.78. The maximum atomic E-state index is 13.4. The number of ether oxygens (including phenoxy) is 1. The number of hydrogen-bond acceptors (Lipinski definition) is 5. The number of nitrogens with zero attached hydrogens (tertiary/aromatic N) is 1. The molecule has 0 aliphatic carbocycles. The second kappa shape index (κ2) is 7.88. The zero-order valence-electron chi connectivity index (χ0n) is 16.3. The number of aromatic nitrogens is 1. The SMILES string of the molecule is Cc1cc2c(c(=O)n1CCc1ccc(O)cc1)C(c1ccc(O)c(Cl)c1)CC(=O)O2. The Labute approximate surface area is 177 Å². The highest BCUT2D eigenvalue weighted by Crippen LogP contribution is 2.39. The summed E-state index contributed by atoms with van der Waals surface area (Å²) in [5.74, 6) is -0.527. The molecule has 0 spiro atoms. The van der Waals surface area contributed by atoms with Crippen molar-refractivity contribution in [3.05, 3.63) is 86.3 Å². The Morgan fingerprint density at radius 1 is 1.10 bits per heavy atom. The fraction of sp³-hybridized carbons (Fsp3) is 0.217. The number of carbonyl (C=O) groups is 1. The summed E-state index contributed by atoms with van der Waals surface area (Å²) in [6.45, 7) is 2.24. The Balaban J connectivity index is 1.74. The molecule has 1 aliphatic rings. The lowest BCUT2D eigenvalue weighted by Gasteiger charge is -2.26. The summed E-state index contributed by atoms with van der Waals surface area (Å²) in [5.41, 5.74) is 2.54. The first-order valence-electron chi connectivity index (χ1n) is 9.55. The maximum Gasteiger partial charge on any atom is 0.312 e. The first-order chi connectivity index (χ1) is 14.3.